The second kappa shape index (κ2) is 6.35. The zero-order valence-electron chi connectivity index (χ0n) is 9.95. The first-order valence-electron chi connectivity index (χ1n) is 5.78. The van der Waals surface area contributed by atoms with Gasteiger partial charge in [-0.3, -0.25) is 4.68 Å². The standard InChI is InChI=1S/C12H14N6/c13-5-3-11-4-8-15-12(17-11)14-6-1-9-18-10-2-7-16-18/h2,4,7-8,10H,1,3,6,9H2,(H,14,15,17). The summed E-state index contributed by atoms with van der Waals surface area (Å²) in [6.07, 6.45) is 6.61. The van der Waals surface area contributed by atoms with Gasteiger partial charge in [-0.25, -0.2) is 9.97 Å². The van der Waals surface area contributed by atoms with Gasteiger partial charge in [0.05, 0.1) is 18.2 Å². The van der Waals surface area contributed by atoms with Gasteiger partial charge in [-0.2, -0.15) is 10.4 Å². The molecule has 0 fully saturated rings. The number of aryl methyl sites for hydroxylation is 1. The molecule has 6 heteroatoms. The summed E-state index contributed by atoms with van der Waals surface area (Å²) in [5.74, 6) is 0.572. The van der Waals surface area contributed by atoms with E-state index in [4.69, 9.17) is 5.26 Å². The van der Waals surface area contributed by atoms with Crippen molar-refractivity contribution in [3.05, 3.63) is 36.4 Å². The van der Waals surface area contributed by atoms with E-state index in [1.807, 2.05) is 16.9 Å². The number of nitriles is 1. The Labute approximate surface area is 105 Å². The number of rotatable bonds is 6. The summed E-state index contributed by atoms with van der Waals surface area (Å²) in [6.45, 7) is 1.63. The van der Waals surface area contributed by atoms with E-state index in [2.05, 4.69) is 26.5 Å². The fraction of sp³-hybridized carbons (Fsp3) is 0.333. The second-order valence-corrected chi connectivity index (χ2v) is 3.76. The van der Waals surface area contributed by atoms with Crippen LogP contribution < -0.4 is 5.32 Å². The molecule has 0 bridgehead atoms. The quantitative estimate of drug-likeness (QED) is 0.771. The summed E-state index contributed by atoms with van der Waals surface area (Å²) in [4.78, 5) is 8.33. The Morgan fingerprint density at radius 1 is 1.39 bits per heavy atom. The van der Waals surface area contributed by atoms with Gasteiger partial charge >= 0.3 is 0 Å². The van der Waals surface area contributed by atoms with Crippen LogP contribution in [0, 0.1) is 11.3 Å². The number of nitrogens with zero attached hydrogens (tertiary/aromatic N) is 5. The van der Waals surface area contributed by atoms with Gasteiger partial charge in [0.25, 0.3) is 0 Å². The molecule has 0 aliphatic rings. The highest BCUT2D eigenvalue weighted by molar-refractivity contribution is 5.25. The van der Waals surface area contributed by atoms with Crippen LogP contribution in [0.25, 0.3) is 0 Å². The fourth-order valence-corrected chi connectivity index (χ4v) is 1.53. The van der Waals surface area contributed by atoms with Gasteiger partial charge in [-0.05, 0) is 18.6 Å². The largest absolute Gasteiger partial charge is 0.354 e. The molecule has 0 radical (unpaired) electrons. The number of anilines is 1. The molecule has 0 aromatic carbocycles. The van der Waals surface area contributed by atoms with Gasteiger partial charge in [-0.15, -0.1) is 0 Å². The fourth-order valence-electron chi connectivity index (χ4n) is 1.53. The van der Waals surface area contributed by atoms with Gasteiger partial charge in [0, 0.05) is 31.7 Å². The lowest BCUT2D eigenvalue weighted by atomic mass is 10.3. The number of aromatic nitrogens is 4. The summed E-state index contributed by atoms with van der Waals surface area (Å²) in [5.41, 5.74) is 0.738. The van der Waals surface area contributed by atoms with E-state index in [1.54, 1.807) is 18.5 Å². The molecule has 0 spiro atoms. The van der Waals surface area contributed by atoms with Gasteiger partial charge in [0.15, 0.2) is 0 Å². The van der Waals surface area contributed by atoms with Crippen molar-refractivity contribution in [2.75, 3.05) is 11.9 Å². The van der Waals surface area contributed by atoms with Gasteiger partial charge in [0.2, 0.25) is 5.95 Å². The molecule has 2 aromatic heterocycles. The molecule has 0 aliphatic heterocycles. The van der Waals surface area contributed by atoms with Crippen LogP contribution in [-0.4, -0.2) is 26.3 Å². The molecule has 0 saturated heterocycles. The van der Waals surface area contributed by atoms with E-state index in [-0.39, 0.29) is 0 Å². The Morgan fingerprint density at radius 3 is 3.11 bits per heavy atom. The Balaban J connectivity index is 1.76. The molecule has 92 valence electrons. The highest BCUT2D eigenvalue weighted by atomic mass is 15.3. The zero-order chi connectivity index (χ0) is 12.6. The average molecular weight is 242 g/mol. The molecular formula is C12H14N6. The molecule has 1 N–H and O–H groups in total. The minimum Gasteiger partial charge on any atom is -0.354 e. The van der Waals surface area contributed by atoms with Crippen molar-refractivity contribution in [3.63, 3.8) is 0 Å². The summed E-state index contributed by atoms with van der Waals surface area (Å²) in [7, 11) is 0. The van der Waals surface area contributed by atoms with Crippen LogP contribution in [0.15, 0.2) is 30.7 Å². The summed E-state index contributed by atoms with van der Waals surface area (Å²) in [5, 5.41) is 15.8. The molecule has 0 amide bonds. The molecule has 18 heavy (non-hydrogen) atoms. The van der Waals surface area contributed by atoms with E-state index >= 15 is 0 Å². The maximum Gasteiger partial charge on any atom is 0.222 e. The molecule has 0 unspecified atom stereocenters. The summed E-state index contributed by atoms with van der Waals surface area (Å²) in [6, 6.07) is 5.72. The smallest absolute Gasteiger partial charge is 0.222 e. The van der Waals surface area contributed by atoms with Gasteiger partial charge in [0.1, 0.15) is 0 Å². The van der Waals surface area contributed by atoms with E-state index in [1.165, 1.54) is 0 Å². The Morgan fingerprint density at radius 2 is 2.33 bits per heavy atom. The third-order valence-corrected chi connectivity index (χ3v) is 2.38. The van der Waals surface area contributed by atoms with E-state index in [9.17, 15) is 0 Å². The first-order chi connectivity index (χ1) is 8.88. The van der Waals surface area contributed by atoms with E-state index in [0.29, 0.717) is 12.4 Å². The molecule has 2 aromatic rings. The Bertz CT molecular complexity index is 514. The minimum atomic E-state index is 0.310. The van der Waals surface area contributed by atoms with Crippen molar-refractivity contribution in [1.29, 1.82) is 5.26 Å². The van der Waals surface area contributed by atoms with Crippen LogP contribution in [-0.2, 0) is 13.0 Å². The van der Waals surface area contributed by atoms with Crippen LogP contribution >= 0.6 is 0 Å². The SMILES string of the molecule is N#CCc1ccnc(NCCCn2cccn2)n1. The lowest BCUT2D eigenvalue weighted by Gasteiger charge is -2.05. The lowest BCUT2D eigenvalue weighted by molar-refractivity contribution is 0.591. The monoisotopic (exact) mass is 242 g/mol. The first kappa shape index (κ1) is 12.0. The van der Waals surface area contributed by atoms with Crippen LogP contribution in [0.5, 0.6) is 0 Å². The molecule has 0 saturated carbocycles. The normalized spacial score (nSPS) is 9.94. The highest BCUT2D eigenvalue weighted by Gasteiger charge is 1.98. The maximum atomic E-state index is 8.59. The number of hydrogen-bond acceptors (Lipinski definition) is 5. The van der Waals surface area contributed by atoms with Gasteiger partial charge in [-0.1, -0.05) is 0 Å². The highest BCUT2D eigenvalue weighted by Crippen LogP contribution is 2.01. The van der Waals surface area contributed by atoms with Crippen molar-refractivity contribution < 1.29 is 0 Å². The van der Waals surface area contributed by atoms with Crippen LogP contribution in [0.4, 0.5) is 5.95 Å². The predicted octanol–water partition coefficient (Wildman–Crippen LogP) is 1.24. The van der Waals surface area contributed by atoms with Crippen LogP contribution in [0.3, 0.4) is 0 Å². The van der Waals surface area contributed by atoms with Crippen molar-refractivity contribution in [2.45, 2.75) is 19.4 Å². The Kier molecular flexibility index (Phi) is 4.25. The number of hydrogen-bond donors (Lipinski definition) is 1. The lowest BCUT2D eigenvalue weighted by Crippen LogP contribution is -2.09. The third-order valence-electron chi connectivity index (χ3n) is 2.38. The van der Waals surface area contributed by atoms with Crippen molar-refractivity contribution in [2.24, 2.45) is 0 Å². The first-order valence-corrected chi connectivity index (χ1v) is 5.78. The predicted molar refractivity (Wildman–Crippen MR) is 66.7 cm³/mol. The molecule has 2 heterocycles. The van der Waals surface area contributed by atoms with Crippen LogP contribution in [0.1, 0.15) is 12.1 Å². The second-order valence-electron chi connectivity index (χ2n) is 3.76. The molecule has 6 nitrogen and oxygen atoms in total. The maximum absolute atomic E-state index is 8.59. The zero-order valence-corrected chi connectivity index (χ0v) is 9.95. The summed E-state index contributed by atoms with van der Waals surface area (Å²) >= 11 is 0. The van der Waals surface area contributed by atoms with Crippen molar-refractivity contribution >= 4 is 5.95 Å². The Hall–Kier alpha value is -2.42. The van der Waals surface area contributed by atoms with Crippen LogP contribution in [0.2, 0.25) is 0 Å². The molecule has 0 aliphatic carbocycles. The summed E-state index contributed by atoms with van der Waals surface area (Å²) < 4.78 is 1.88. The minimum absolute atomic E-state index is 0.310. The molecule has 0 atom stereocenters. The van der Waals surface area contributed by atoms with Gasteiger partial charge < -0.3 is 5.32 Å². The van der Waals surface area contributed by atoms with E-state index in [0.717, 1.165) is 25.2 Å². The van der Waals surface area contributed by atoms with Crippen molar-refractivity contribution in [1.82, 2.24) is 19.7 Å². The van der Waals surface area contributed by atoms with Crippen molar-refractivity contribution in [3.8, 4) is 6.07 Å². The topological polar surface area (TPSA) is 79.4 Å². The number of nitrogens with one attached hydrogen (secondary N) is 1. The third kappa shape index (κ3) is 3.56. The average Bonchev–Trinajstić information content (AvgIpc) is 2.89. The van der Waals surface area contributed by atoms with E-state index < -0.39 is 0 Å². The molecule has 2 rings (SSSR count). The molecular weight excluding hydrogens is 228 g/mol.